The van der Waals surface area contributed by atoms with Crippen molar-refractivity contribution in [2.24, 2.45) is 0 Å². The first kappa shape index (κ1) is 18.6. The maximum Gasteiger partial charge on any atom is 0.273 e. The summed E-state index contributed by atoms with van der Waals surface area (Å²) in [6.07, 6.45) is 0. The summed E-state index contributed by atoms with van der Waals surface area (Å²) in [6, 6.07) is 7.69. The van der Waals surface area contributed by atoms with E-state index in [0.29, 0.717) is 17.9 Å². The Morgan fingerprint density at radius 3 is 2.82 bits per heavy atom. The standard InChI is InChI=1S/C14H18BrN5O.ClH/c1-3-16-7-8-17-14(21)13-10(2)20(19-18-13)12-6-4-5-11(15)9-12;/h4-6,9,16H,3,7-8H2,1-2H3,(H,17,21);1H. The lowest BCUT2D eigenvalue weighted by molar-refractivity contribution is 0.0948. The first-order valence-electron chi connectivity index (χ1n) is 6.80. The van der Waals surface area contributed by atoms with Crippen LogP contribution >= 0.6 is 28.3 Å². The van der Waals surface area contributed by atoms with Gasteiger partial charge in [-0.2, -0.15) is 0 Å². The molecular formula is C14H19BrClN5O. The summed E-state index contributed by atoms with van der Waals surface area (Å²) < 4.78 is 2.61. The smallest absolute Gasteiger partial charge is 0.273 e. The number of nitrogens with one attached hydrogen (secondary N) is 2. The highest BCUT2D eigenvalue weighted by Crippen LogP contribution is 2.17. The molecule has 0 aliphatic rings. The molecule has 0 spiro atoms. The van der Waals surface area contributed by atoms with Crippen molar-refractivity contribution in [1.29, 1.82) is 0 Å². The Morgan fingerprint density at radius 1 is 1.36 bits per heavy atom. The number of carbonyl (C=O) groups excluding carboxylic acids is 1. The van der Waals surface area contributed by atoms with Gasteiger partial charge in [0.2, 0.25) is 0 Å². The van der Waals surface area contributed by atoms with Crippen LogP contribution in [0.15, 0.2) is 28.7 Å². The van der Waals surface area contributed by atoms with Crippen molar-refractivity contribution in [3.63, 3.8) is 0 Å². The van der Waals surface area contributed by atoms with Crippen LogP contribution in [-0.2, 0) is 0 Å². The molecular weight excluding hydrogens is 370 g/mol. The van der Waals surface area contributed by atoms with Crippen LogP contribution in [-0.4, -0.2) is 40.5 Å². The second-order valence-corrected chi connectivity index (χ2v) is 5.44. The van der Waals surface area contributed by atoms with Crippen LogP contribution in [0.1, 0.15) is 23.1 Å². The van der Waals surface area contributed by atoms with Gasteiger partial charge in [0.1, 0.15) is 0 Å². The molecule has 0 saturated heterocycles. The quantitative estimate of drug-likeness (QED) is 0.743. The van der Waals surface area contributed by atoms with Gasteiger partial charge in [-0.05, 0) is 31.7 Å². The van der Waals surface area contributed by atoms with Crippen LogP contribution in [0.25, 0.3) is 5.69 Å². The lowest BCUT2D eigenvalue weighted by Gasteiger charge is -2.05. The van der Waals surface area contributed by atoms with E-state index in [1.54, 1.807) is 4.68 Å². The zero-order valence-electron chi connectivity index (χ0n) is 12.5. The monoisotopic (exact) mass is 387 g/mol. The number of likely N-dealkylation sites (N-methyl/N-ethyl adjacent to an activating group) is 1. The Bertz CT molecular complexity index is 631. The largest absolute Gasteiger partial charge is 0.349 e. The van der Waals surface area contributed by atoms with E-state index in [4.69, 9.17) is 0 Å². The van der Waals surface area contributed by atoms with Gasteiger partial charge in [0, 0.05) is 17.6 Å². The summed E-state index contributed by atoms with van der Waals surface area (Å²) >= 11 is 3.42. The van der Waals surface area contributed by atoms with Crippen LogP contribution < -0.4 is 10.6 Å². The molecule has 2 aromatic rings. The number of nitrogens with zero attached hydrogens (tertiary/aromatic N) is 3. The normalized spacial score (nSPS) is 10.1. The van der Waals surface area contributed by atoms with Crippen LogP contribution in [0.2, 0.25) is 0 Å². The van der Waals surface area contributed by atoms with E-state index in [-0.39, 0.29) is 18.3 Å². The Hall–Kier alpha value is -1.44. The first-order valence-corrected chi connectivity index (χ1v) is 7.60. The van der Waals surface area contributed by atoms with Gasteiger partial charge < -0.3 is 10.6 Å². The van der Waals surface area contributed by atoms with Crippen molar-refractivity contribution in [1.82, 2.24) is 25.6 Å². The summed E-state index contributed by atoms with van der Waals surface area (Å²) in [6.45, 7) is 6.04. The molecule has 1 aromatic carbocycles. The summed E-state index contributed by atoms with van der Waals surface area (Å²) in [5.74, 6) is -0.202. The molecule has 6 nitrogen and oxygen atoms in total. The molecule has 0 bridgehead atoms. The molecule has 2 rings (SSSR count). The third-order valence-electron chi connectivity index (χ3n) is 3.00. The lowest BCUT2D eigenvalue weighted by atomic mass is 10.3. The highest BCUT2D eigenvalue weighted by atomic mass is 79.9. The molecule has 22 heavy (non-hydrogen) atoms. The molecule has 1 aromatic heterocycles. The Morgan fingerprint density at radius 2 is 2.14 bits per heavy atom. The minimum Gasteiger partial charge on any atom is -0.349 e. The third kappa shape index (κ3) is 4.53. The van der Waals surface area contributed by atoms with Crippen LogP contribution in [0.3, 0.4) is 0 Å². The van der Waals surface area contributed by atoms with Crippen molar-refractivity contribution in [2.45, 2.75) is 13.8 Å². The number of benzene rings is 1. The minimum atomic E-state index is -0.202. The van der Waals surface area contributed by atoms with E-state index in [2.05, 4.69) is 36.9 Å². The Balaban J connectivity index is 0.00000242. The number of hydrogen-bond donors (Lipinski definition) is 2. The molecule has 0 atom stereocenters. The molecule has 8 heteroatoms. The van der Waals surface area contributed by atoms with Crippen molar-refractivity contribution in [3.05, 3.63) is 40.1 Å². The van der Waals surface area contributed by atoms with Crippen molar-refractivity contribution in [3.8, 4) is 5.69 Å². The SMILES string of the molecule is CCNCCNC(=O)c1nnn(-c2cccc(Br)c2)c1C.Cl. The van der Waals surface area contributed by atoms with E-state index in [9.17, 15) is 4.79 Å². The molecule has 0 aliphatic carbocycles. The minimum absolute atomic E-state index is 0. The highest BCUT2D eigenvalue weighted by molar-refractivity contribution is 9.10. The summed E-state index contributed by atoms with van der Waals surface area (Å²) in [5.41, 5.74) is 1.93. The van der Waals surface area contributed by atoms with Crippen LogP contribution in [0.4, 0.5) is 0 Å². The molecule has 0 aliphatic heterocycles. The van der Waals surface area contributed by atoms with Crippen molar-refractivity contribution >= 4 is 34.2 Å². The second kappa shape index (κ2) is 8.87. The lowest BCUT2D eigenvalue weighted by Crippen LogP contribution is -2.32. The van der Waals surface area contributed by atoms with Gasteiger partial charge >= 0.3 is 0 Å². The number of rotatable bonds is 6. The Labute approximate surface area is 144 Å². The van der Waals surface area contributed by atoms with Gasteiger partial charge in [-0.3, -0.25) is 4.79 Å². The molecule has 1 heterocycles. The number of hydrogen-bond acceptors (Lipinski definition) is 4. The molecule has 0 saturated carbocycles. The predicted molar refractivity (Wildman–Crippen MR) is 91.9 cm³/mol. The highest BCUT2D eigenvalue weighted by Gasteiger charge is 2.16. The fraction of sp³-hybridized carbons (Fsp3) is 0.357. The zero-order valence-corrected chi connectivity index (χ0v) is 14.9. The van der Waals surface area contributed by atoms with Gasteiger partial charge in [-0.25, -0.2) is 4.68 Å². The van der Waals surface area contributed by atoms with E-state index < -0.39 is 0 Å². The van der Waals surface area contributed by atoms with E-state index in [1.165, 1.54) is 0 Å². The van der Waals surface area contributed by atoms with E-state index in [0.717, 1.165) is 23.2 Å². The van der Waals surface area contributed by atoms with E-state index >= 15 is 0 Å². The van der Waals surface area contributed by atoms with Crippen molar-refractivity contribution < 1.29 is 4.79 Å². The Kier molecular flexibility index (Phi) is 7.50. The van der Waals surface area contributed by atoms with Gasteiger partial charge in [-0.15, -0.1) is 17.5 Å². The molecule has 1 amide bonds. The van der Waals surface area contributed by atoms with Crippen LogP contribution in [0, 0.1) is 6.92 Å². The summed E-state index contributed by atoms with van der Waals surface area (Å²) in [5, 5.41) is 14.0. The number of halogens is 2. The molecule has 120 valence electrons. The number of amides is 1. The van der Waals surface area contributed by atoms with Gasteiger partial charge in [0.25, 0.3) is 5.91 Å². The van der Waals surface area contributed by atoms with Crippen molar-refractivity contribution in [2.75, 3.05) is 19.6 Å². The molecule has 2 N–H and O–H groups in total. The number of carbonyl (C=O) groups is 1. The fourth-order valence-electron chi connectivity index (χ4n) is 1.92. The zero-order chi connectivity index (χ0) is 15.2. The van der Waals surface area contributed by atoms with Gasteiger partial charge in [-0.1, -0.05) is 34.1 Å². The molecule has 0 radical (unpaired) electrons. The summed E-state index contributed by atoms with van der Waals surface area (Å²) in [7, 11) is 0. The fourth-order valence-corrected chi connectivity index (χ4v) is 2.30. The summed E-state index contributed by atoms with van der Waals surface area (Å²) in [4.78, 5) is 12.1. The number of aromatic nitrogens is 3. The molecule has 0 fully saturated rings. The topological polar surface area (TPSA) is 71.8 Å². The van der Waals surface area contributed by atoms with Crippen LogP contribution in [0.5, 0.6) is 0 Å². The van der Waals surface area contributed by atoms with Gasteiger partial charge in [0.05, 0.1) is 11.4 Å². The van der Waals surface area contributed by atoms with Gasteiger partial charge in [0.15, 0.2) is 5.69 Å². The third-order valence-corrected chi connectivity index (χ3v) is 3.49. The average molecular weight is 389 g/mol. The van der Waals surface area contributed by atoms with E-state index in [1.807, 2.05) is 38.1 Å². The average Bonchev–Trinajstić information content (AvgIpc) is 2.85. The maximum atomic E-state index is 12.1. The molecule has 0 unspecified atom stereocenters. The predicted octanol–water partition coefficient (Wildman–Crippen LogP) is 2.10. The first-order chi connectivity index (χ1) is 10.1. The second-order valence-electron chi connectivity index (χ2n) is 4.52. The maximum absolute atomic E-state index is 12.1.